The molecule has 1 aliphatic rings. The summed E-state index contributed by atoms with van der Waals surface area (Å²) in [5.41, 5.74) is 9.17. The fraction of sp³-hybridized carbons (Fsp3) is 0.300. The van der Waals surface area contributed by atoms with Gasteiger partial charge >= 0.3 is 0 Å². The Hall–Kier alpha value is -2.46. The zero-order valence-electron chi connectivity index (χ0n) is 14.2. The Kier molecular flexibility index (Phi) is 5.06. The van der Waals surface area contributed by atoms with Crippen molar-refractivity contribution >= 4 is 0 Å². The number of ether oxygens (including phenoxy) is 1. The molecule has 4 heteroatoms. The van der Waals surface area contributed by atoms with Gasteiger partial charge in [0.1, 0.15) is 17.3 Å². The smallest absolute Gasteiger partial charge is 0.139 e. The Balaban J connectivity index is 1.64. The van der Waals surface area contributed by atoms with Crippen LogP contribution < -0.4 is 11.1 Å². The minimum absolute atomic E-state index is 0.158. The van der Waals surface area contributed by atoms with Gasteiger partial charge in [-0.15, -0.1) is 0 Å². The normalized spacial score (nSPS) is 17.3. The van der Waals surface area contributed by atoms with Gasteiger partial charge in [-0.25, -0.2) is 0 Å². The molecule has 1 heterocycles. The first-order valence-electron chi connectivity index (χ1n) is 8.30. The molecule has 1 aromatic carbocycles. The summed E-state index contributed by atoms with van der Waals surface area (Å²) in [7, 11) is 1.91. The lowest BCUT2D eigenvalue weighted by Gasteiger charge is -2.21. The van der Waals surface area contributed by atoms with Crippen molar-refractivity contribution in [1.29, 1.82) is 0 Å². The summed E-state index contributed by atoms with van der Waals surface area (Å²) < 4.78 is 11.8. The molecule has 0 saturated carbocycles. The predicted molar refractivity (Wildman–Crippen MR) is 96.4 cm³/mol. The van der Waals surface area contributed by atoms with Gasteiger partial charge in [0.05, 0.1) is 18.3 Å². The predicted octanol–water partition coefficient (Wildman–Crippen LogP) is 3.53. The molecule has 1 aromatic heterocycles. The molecule has 0 saturated heterocycles. The van der Waals surface area contributed by atoms with Crippen molar-refractivity contribution < 1.29 is 9.15 Å². The van der Waals surface area contributed by atoms with Crippen LogP contribution in [0.4, 0.5) is 0 Å². The molecule has 24 heavy (non-hydrogen) atoms. The fourth-order valence-electron chi connectivity index (χ4n) is 2.89. The second-order valence-corrected chi connectivity index (χ2v) is 5.96. The quantitative estimate of drug-likeness (QED) is 0.853. The zero-order chi connectivity index (χ0) is 16.9. The molecule has 1 unspecified atom stereocenters. The first-order chi connectivity index (χ1) is 11.7. The van der Waals surface area contributed by atoms with Crippen molar-refractivity contribution in [1.82, 2.24) is 5.32 Å². The monoisotopic (exact) mass is 324 g/mol. The van der Waals surface area contributed by atoms with Crippen LogP contribution in [0.15, 0.2) is 64.4 Å². The number of hydrogen-bond acceptors (Lipinski definition) is 4. The lowest BCUT2D eigenvalue weighted by Crippen LogP contribution is -2.33. The van der Waals surface area contributed by atoms with E-state index in [-0.39, 0.29) is 6.04 Å². The number of aryl methyl sites for hydroxylation is 1. The lowest BCUT2D eigenvalue weighted by atomic mass is 10.0. The molecule has 0 bridgehead atoms. The zero-order valence-corrected chi connectivity index (χ0v) is 14.2. The summed E-state index contributed by atoms with van der Waals surface area (Å²) in [5, 5.41) is 3.19. The van der Waals surface area contributed by atoms with Crippen molar-refractivity contribution in [3.63, 3.8) is 0 Å². The average molecular weight is 324 g/mol. The Bertz CT molecular complexity index is 744. The highest BCUT2D eigenvalue weighted by Gasteiger charge is 2.17. The molecule has 0 aliphatic heterocycles. The largest absolute Gasteiger partial charge is 0.491 e. The number of hydrogen-bond donors (Lipinski definition) is 2. The highest BCUT2D eigenvalue weighted by atomic mass is 16.5. The van der Waals surface area contributed by atoms with Crippen LogP contribution in [0.3, 0.4) is 0 Å². The molecule has 2 aromatic rings. The Labute approximate surface area is 143 Å². The van der Waals surface area contributed by atoms with Crippen molar-refractivity contribution in [2.45, 2.75) is 25.8 Å². The summed E-state index contributed by atoms with van der Waals surface area (Å²) in [5.74, 6) is 2.60. The van der Waals surface area contributed by atoms with E-state index in [0.717, 1.165) is 46.9 Å². The van der Waals surface area contributed by atoms with Gasteiger partial charge in [0, 0.05) is 12.0 Å². The van der Waals surface area contributed by atoms with Gasteiger partial charge in [-0.1, -0.05) is 36.4 Å². The van der Waals surface area contributed by atoms with E-state index < -0.39 is 0 Å². The number of nitrogens with one attached hydrogen (secondary N) is 1. The van der Waals surface area contributed by atoms with Crippen LogP contribution in [-0.4, -0.2) is 19.7 Å². The Morgan fingerprint density at radius 2 is 2.08 bits per heavy atom. The third-order valence-corrected chi connectivity index (χ3v) is 4.36. The van der Waals surface area contributed by atoms with Gasteiger partial charge in [0.25, 0.3) is 0 Å². The Morgan fingerprint density at radius 3 is 2.83 bits per heavy atom. The SMILES string of the molecule is CNC1CC=CC(OCCc2cc(-c3ccccc3)oc2C)=C1N. The maximum absolute atomic E-state index is 6.15. The third kappa shape index (κ3) is 3.54. The van der Waals surface area contributed by atoms with Gasteiger partial charge in [-0.2, -0.15) is 0 Å². The summed E-state index contributed by atoms with van der Waals surface area (Å²) in [6, 6.07) is 12.4. The topological polar surface area (TPSA) is 60.4 Å². The number of allylic oxidation sites excluding steroid dienone is 1. The summed E-state index contributed by atoms with van der Waals surface area (Å²) >= 11 is 0. The van der Waals surface area contributed by atoms with Crippen LogP contribution in [0, 0.1) is 6.92 Å². The maximum Gasteiger partial charge on any atom is 0.139 e. The second kappa shape index (κ2) is 7.41. The Morgan fingerprint density at radius 1 is 1.29 bits per heavy atom. The molecule has 0 radical (unpaired) electrons. The van der Waals surface area contributed by atoms with Crippen LogP contribution in [0.5, 0.6) is 0 Å². The van der Waals surface area contributed by atoms with Crippen LogP contribution in [0.1, 0.15) is 17.7 Å². The first-order valence-corrected chi connectivity index (χ1v) is 8.30. The van der Waals surface area contributed by atoms with Gasteiger partial charge in [0.15, 0.2) is 0 Å². The number of likely N-dealkylation sites (N-methyl/N-ethyl adjacent to an activating group) is 1. The van der Waals surface area contributed by atoms with Crippen LogP contribution in [0.2, 0.25) is 0 Å². The van der Waals surface area contributed by atoms with Gasteiger partial charge in [-0.05, 0) is 38.1 Å². The maximum atomic E-state index is 6.15. The van der Waals surface area contributed by atoms with Gasteiger partial charge in [-0.3, -0.25) is 0 Å². The van der Waals surface area contributed by atoms with E-state index >= 15 is 0 Å². The van der Waals surface area contributed by atoms with E-state index in [1.165, 1.54) is 0 Å². The van der Waals surface area contributed by atoms with Crippen molar-refractivity contribution in [3.8, 4) is 11.3 Å². The summed E-state index contributed by atoms with van der Waals surface area (Å²) in [6.07, 6.45) is 5.73. The van der Waals surface area contributed by atoms with Crippen LogP contribution in [0.25, 0.3) is 11.3 Å². The lowest BCUT2D eigenvalue weighted by molar-refractivity contribution is 0.219. The van der Waals surface area contributed by atoms with E-state index in [9.17, 15) is 0 Å². The standard InChI is InChI=1S/C20H24N2O2/c1-14-16(13-19(24-14)15-7-4-3-5-8-15)11-12-23-18-10-6-9-17(22-2)20(18)21/h3-8,10,13,17,22H,9,11-12,21H2,1-2H3. The molecule has 1 atom stereocenters. The summed E-state index contributed by atoms with van der Waals surface area (Å²) in [4.78, 5) is 0. The average Bonchev–Trinajstić information content (AvgIpc) is 2.98. The first kappa shape index (κ1) is 16.4. The molecule has 0 fully saturated rings. The summed E-state index contributed by atoms with van der Waals surface area (Å²) in [6.45, 7) is 2.57. The minimum Gasteiger partial charge on any atom is -0.491 e. The number of rotatable bonds is 6. The van der Waals surface area contributed by atoms with Crippen LogP contribution >= 0.6 is 0 Å². The molecular formula is C20H24N2O2. The second-order valence-electron chi connectivity index (χ2n) is 5.96. The number of benzene rings is 1. The molecule has 126 valence electrons. The van der Waals surface area contributed by atoms with Gasteiger partial charge in [0.2, 0.25) is 0 Å². The molecule has 0 spiro atoms. The van der Waals surface area contributed by atoms with Crippen molar-refractivity contribution in [2.75, 3.05) is 13.7 Å². The highest BCUT2D eigenvalue weighted by molar-refractivity contribution is 5.58. The van der Waals surface area contributed by atoms with E-state index in [0.29, 0.717) is 6.61 Å². The van der Waals surface area contributed by atoms with E-state index in [2.05, 4.69) is 29.6 Å². The third-order valence-electron chi connectivity index (χ3n) is 4.36. The molecule has 3 rings (SSSR count). The molecular weight excluding hydrogens is 300 g/mol. The molecule has 3 N–H and O–H groups in total. The van der Waals surface area contributed by atoms with Gasteiger partial charge < -0.3 is 20.2 Å². The van der Waals surface area contributed by atoms with E-state index in [1.54, 1.807) is 0 Å². The van der Waals surface area contributed by atoms with Crippen LogP contribution in [-0.2, 0) is 11.2 Å². The molecule has 4 nitrogen and oxygen atoms in total. The minimum atomic E-state index is 0.158. The van der Waals surface area contributed by atoms with Crippen molar-refractivity contribution in [2.24, 2.45) is 5.73 Å². The molecule has 1 aliphatic carbocycles. The number of furan rings is 1. The van der Waals surface area contributed by atoms with E-state index in [1.807, 2.05) is 38.2 Å². The van der Waals surface area contributed by atoms with E-state index in [4.69, 9.17) is 14.9 Å². The number of nitrogens with two attached hydrogens (primary N) is 1. The fourth-order valence-corrected chi connectivity index (χ4v) is 2.89. The van der Waals surface area contributed by atoms with Crippen molar-refractivity contribution in [3.05, 3.63) is 71.3 Å². The highest BCUT2D eigenvalue weighted by Crippen LogP contribution is 2.26. The molecule has 0 amide bonds.